The van der Waals surface area contributed by atoms with Crippen molar-refractivity contribution in [1.29, 1.82) is 0 Å². The van der Waals surface area contributed by atoms with Gasteiger partial charge in [-0.15, -0.1) is 0 Å². The normalized spacial score (nSPS) is 14.5. The van der Waals surface area contributed by atoms with Crippen LogP contribution in [0.5, 0.6) is 11.5 Å². The molecule has 0 fully saturated rings. The molecule has 0 aliphatic carbocycles. The van der Waals surface area contributed by atoms with E-state index >= 15 is 0 Å². The summed E-state index contributed by atoms with van der Waals surface area (Å²) in [5, 5.41) is 0. The number of aromatic nitrogens is 1. The highest BCUT2D eigenvalue weighted by Gasteiger charge is 2.35. The van der Waals surface area contributed by atoms with Gasteiger partial charge < -0.3 is 14.2 Å². The molecule has 6 rings (SSSR count). The fourth-order valence-electron chi connectivity index (χ4n) is 5.16. The number of esters is 1. The first-order valence-corrected chi connectivity index (χ1v) is 15.2. The van der Waals surface area contributed by atoms with Crippen molar-refractivity contribution in [3.8, 4) is 11.5 Å². The third-order valence-electron chi connectivity index (χ3n) is 7.31. The van der Waals surface area contributed by atoms with Gasteiger partial charge in [0.2, 0.25) is 0 Å². The zero-order chi connectivity index (χ0) is 31.3. The molecule has 5 aromatic rings. The molecule has 9 heteroatoms. The number of carbonyl (C=O) groups excluding carboxylic acids is 1. The second kappa shape index (κ2) is 13.2. The standard InChI is InChI=1S/C36H29FN2O5S/c1-3-43-35(41)31-32(24-10-5-4-6-11-24)38-36-39(33(31)25-13-9-14-28(21-25)42-2)34(40)30(45-36)20-23-16-18-27(19-17-23)44-22-26-12-7-8-15-29(26)37/h4-21,33H,3,22H2,1-2H3/b30-20-/t33-/m1/s1. The van der Waals surface area contributed by atoms with Gasteiger partial charge in [-0.25, -0.2) is 14.2 Å². The zero-order valence-electron chi connectivity index (χ0n) is 24.6. The number of thiazole rings is 1. The van der Waals surface area contributed by atoms with E-state index in [1.54, 1.807) is 55.0 Å². The number of hydrogen-bond acceptors (Lipinski definition) is 7. The number of fused-ring (bicyclic) bond motifs is 1. The average molecular weight is 621 g/mol. The molecule has 0 bridgehead atoms. The van der Waals surface area contributed by atoms with E-state index in [4.69, 9.17) is 19.2 Å². The summed E-state index contributed by atoms with van der Waals surface area (Å²) < 4.78 is 32.7. The average Bonchev–Trinajstić information content (AvgIpc) is 3.38. The van der Waals surface area contributed by atoms with Crippen LogP contribution in [-0.4, -0.2) is 24.3 Å². The Morgan fingerprint density at radius 1 is 0.956 bits per heavy atom. The van der Waals surface area contributed by atoms with Crippen molar-refractivity contribution < 1.29 is 23.4 Å². The summed E-state index contributed by atoms with van der Waals surface area (Å²) in [5.74, 6) is 0.293. The predicted molar refractivity (Wildman–Crippen MR) is 171 cm³/mol. The van der Waals surface area contributed by atoms with Crippen molar-refractivity contribution >= 4 is 29.1 Å². The largest absolute Gasteiger partial charge is 0.497 e. The Morgan fingerprint density at radius 3 is 2.44 bits per heavy atom. The molecule has 4 aromatic carbocycles. The lowest BCUT2D eigenvalue weighted by Gasteiger charge is -2.26. The molecule has 0 amide bonds. The van der Waals surface area contributed by atoms with E-state index in [0.717, 1.165) is 11.1 Å². The van der Waals surface area contributed by atoms with E-state index < -0.39 is 12.0 Å². The number of hydrogen-bond donors (Lipinski definition) is 0. The van der Waals surface area contributed by atoms with Crippen molar-refractivity contribution in [2.45, 2.75) is 19.6 Å². The Kier molecular flexibility index (Phi) is 8.70. The summed E-state index contributed by atoms with van der Waals surface area (Å²) in [7, 11) is 1.57. The third-order valence-corrected chi connectivity index (χ3v) is 8.30. The Labute approximate surface area is 262 Å². The first kappa shape index (κ1) is 29.8. The van der Waals surface area contributed by atoms with E-state index in [-0.39, 0.29) is 30.2 Å². The van der Waals surface area contributed by atoms with Crippen LogP contribution in [0.3, 0.4) is 0 Å². The zero-order valence-corrected chi connectivity index (χ0v) is 25.4. The Balaban J connectivity index is 1.45. The Morgan fingerprint density at radius 2 is 1.71 bits per heavy atom. The fraction of sp³-hybridized carbons (Fsp3) is 0.139. The lowest BCUT2D eigenvalue weighted by atomic mass is 9.93. The molecule has 226 valence electrons. The minimum Gasteiger partial charge on any atom is -0.497 e. The van der Waals surface area contributed by atoms with Gasteiger partial charge in [-0.2, -0.15) is 0 Å². The van der Waals surface area contributed by atoms with Crippen LogP contribution in [0.25, 0.3) is 11.8 Å². The molecular formula is C36H29FN2O5S. The van der Waals surface area contributed by atoms with Crippen LogP contribution in [0.15, 0.2) is 118 Å². The van der Waals surface area contributed by atoms with Crippen LogP contribution in [0.1, 0.15) is 35.2 Å². The summed E-state index contributed by atoms with van der Waals surface area (Å²) in [6, 6.07) is 29.6. The highest BCUT2D eigenvalue weighted by atomic mass is 32.1. The molecule has 1 aliphatic heterocycles. The van der Waals surface area contributed by atoms with Crippen LogP contribution in [0.2, 0.25) is 0 Å². The van der Waals surface area contributed by atoms with E-state index in [0.29, 0.717) is 37.7 Å². The maximum Gasteiger partial charge on any atom is 0.338 e. The maximum atomic E-state index is 14.1. The minimum atomic E-state index is -0.804. The molecular weight excluding hydrogens is 591 g/mol. The summed E-state index contributed by atoms with van der Waals surface area (Å²) in [6.07, 6.45) is 1.78. The third kappa shape index (κ3) is 6.21. The molecule has 1 aromatic heterocycles. The number of halogens is 1. The van der Waals surface area contributed by atoms with Crippen LogP contribution in [0, 0.1) is 5.82 Å². The van der Waals surface area contributed by atoms with Crippen LogP contribution >= 0.6 is 11.3 Å². The Hall–Kier alpha value is -5.28. The van der Waals surface area contributed by atoms with Crippen LogP contribution in [-0.2, 0) is 16.1 Å². The lowest BCUT2D eigenvalue weighted by Crippen LogP contribution is -2.40. The van der Waals surface area contributed by atoms with E-state index in [1.807, 2.05) is 66.7 Å². The van der Waals surface area contributed by atoms with Gasteiger partial charge in [-0.1, -0.05) is 84.1 Å². The van der Waals surface area contributed by atoms with Gasteiger partial charge in [0.05, 0.1) is 35.6 Å². The smallest absolute Gasteiger partial charge is 0.338 e. The quantitative estimate of drug-likeness (QED) is 0.199. The van der Waals surface area contributed by atoms with E-state index in [2.05, 4.69) is 0 Å². The van der Waals surface area contributed by atoms with Gasteiger partial charge in [0.1, 0.15) is 23.9 Å². The summed E-state index contributed by atoms with van der Waals surface area (Å²) in [6.45, 7) is 2.01. The van der Waals surface area contributed by atoms with Crippen molar-refractivity contribution in [3.63, 3.8) is 0 Å². The Bertz CT molecular complexity index is 2070. The topological polar surface area (TPSA) is 79.1 Å². The summed E-state index contributed by atoms with van der Waals surface area (Å²) in [5.41, 5.74) is 3.08. The van der Waals surface area contributed by atoms with Gasteiger partial charge in [0.25, 0.3) is 5.56 Å². The highest BCUT2D eigenvalue weighted by molar-refractivity contribution is 7.07. The lowest BCUT2D eigenvalue weighted by molar-refractivity contribution is -0.138. The summed E-state index contributed by atoms with van der Waals surface area (Å²) in [4.78, 5) is 33.0. The van der Waals surface area contributed by atoms with E-state index in [9.17, 15) is 14.0 Å². The second-order valence-electron chi connectivity index (χ2n) is 10.2. The molecule has 2 heterocycles. The van der Waals surface area contributed by atoms with Gasteiger partial charge in [0, 0.05) is 11.1 Å². The monoisotopic (exact) mass is 620 g/mol. The van der Waals surface area contributed by atoms with Gasteiger partial charge in [-0.3, -0.25) is 9.36 Å². The van der Waals surface area contributed by atoms with Gasteiger partial charge in [0.15, 0.2) is 4.80 Å². The fourth-order valence-corrected chi connectivity index (χ4v) is 6.16. The molecule has 7 nitrogen and oxygen atoms in total. The highest BCUT2D eigenvalue weighted by Crippen LogP contribution is 2.36. The molecule has 0 radical (unpaired) electrons. The predicted octanol–water partition coefficient (Wildman–Crippen LogP) is 5.66. The SMILES string of the molecule is CCOC(=O)C1=C(c2ccccc2)N=c2s/c(=C\c3ccc(OCc4ccccc4F)cc3)c(=O)n2[C@@H]1c1cccc(OC)c1. The maximum absolute atomic E-state index is 14.1. The molecule has 0 spiro atoms. The molecule has 0 unspecified atom stereocenters. The number of nitrogens with zero attached hydrogens (tertiary/aromatic N) is 2. The first-order chi connectivity index (χ1) is 22.0. The van der Waals surface area contributed by atoms with Crippen LogP contribution in [0.4, 0.5) is 4.39 Å². The first-order valence-electron chi connectivity index (χ1n) is 14.4. The number of rotatable bonds is 9. The molecule has 0 saturated heterocycles. The van der Waals surface area contributed by atoms with Crippen molar-refractivity contribution in [3.05, 3.63) is 156 Å². The number of ether oxygens (including phenoxy) is 3. The summed E-state index contributed by atoms with van der Waals surface area (Å²) >= 11 is 1.24. The number of benzene rings is 4. The van der Waals surface area contributed by atoms with E-state index in [1.165, 1.54) is 17.4 Å². The van der Waals surface area contributed by atoms with Crippen molar-refractivity contribution in [2.24, 2.45) is 4.99 Å². The van der Waals surface area contributed by atoms with Crippen LogP contribution < -0.4 is 24.4 Å². The molecule has 0 saturated carbocycles. The molecule has 1 atom stereocenters. The van der Waals surface area contributed by atoms with Gasteiger partial charge in [-0.05, 0) is 54.5 Å². The number of carbonyl (C=O) groups is 1. The second-order valence-corrected chi connectivity index (χ2v) is 11.2. The number of methoxy groups -OCH3 is 1. The minimum absolute atomic E-state index is 0.0986. The van der Waals surface area contributed by atoms with Crippen molar-refractivity contribution in [2.75, 3.05) is 13.7 Å². The molecule has 0 N–H and O–H groups in total. The molecule has 45 heavy (non-hydrogen) atoms. The van der Waals surface area contributed by atoms with Crippen molar-refractivity contribution in [1.82, 2.24) is 4.57 Å². The molecule has 1 aliphatic rings. The van der Waals surface area contributed by atoms with Gasteiger partial charge >= 0.3 is 5.97 Å².